The molecule has 0 saturated carbocycles. The third kappa shape index (κ3) is 10.2. The normalized spacial score (nSPS) is 10.6. The standard InChI is InChI=1S/C16H16FN3O2.C4H10O.CH3NO/c1-10(18)15(16(19)21)14-8-12(6-7-20-14)22-9-11-4-2-3-5-13(11)17;1-4(2)3-5;2-1-3/h2-8H,9,18H2,1H3,(H2,19,21);4-5H,3H2,1-2H3;1H,(H2,2,3)/b15-10+;;. The van der Waals surface area contributed by atoms with E-state index in [-0.39, 0.29) is 30.1 Å². The maximum atomic E-state index is 13.5. The number of benzene rings is 1. The van der Waals surface area contributed by atoms with Crippen molar-refractivity contribution in [1.82, 2.24) is 4.98 Å². The van der Waals surface area contributed by atoms with E-state index in [0.717, 1.165) is 0 Å². The molecule has 0 aliphatic heterocycles. The lowest BCUT2D eigenvalue weighted by molar-refractivity contribution is -0.112. The number of nitrogens with two attached hydrogens (primary N) is 3. The Labute approximate surface area is 175 Å². The van der Waals surface area contributed by atoms with E-state index < -0.39 is 5.91 Å². The highest BCUT2D eigenvalue weighted by Gasteiger charge is 2.13. The highest BCUT2D eigenvalue weighted by atomic mass is 19.1. The number of rotatable bonds is 6. The van der Waals surface area contributed by atoms with E-state index in [0.29, 0.717) is 29.5 Å². The van der Waals surface area contributed by atoms with Gasteiger partial charge in [0.2, 0.25) is 6.41 Å². The Morgan fingerprint density at radius 2 is 1.83 bits per heavy atom. The molecule has 2 rings (SSSR count). The molecule has 1 heterocycles. The SMILES string of the molecule is C/C(N)=C(\C(N)=O)c1cc(OCc2ccccc2F)ccn1.CC(C)CO.NC=O. The molecule has 0 radical (unpaired) electrons. The Hall–Kier alpha value is -3.46. The summed E-state index contributed by atoms with van der Waals surface area (Å²) in [5.41, 5.74) is 16.3. The summed E-state index contributed by atoms with van der Waals surface area (Å²) in [6.07, 6.45) is 1.72. The second kappa shape index (κ2) is 14.5. The third-order valence-corrected chi connectivity index (χ3v) is 3.35. The molecule has 0 unspecified atom stereocenters. The first kappa shape index (κ1) is 26.5. The van der Waals surface area contributed by atoms with Gasteiger partial charge in [-0.15, -0.1) is 0 Å². The third-order valence-electron chi connectivity index (χ3n) is 3.35. The van der Waals surface area contributed by atoms with Gasteiger partial charge >= 0.3 is 0 Å². The zero-order chi connectivity index (χ0) is 23.1. The number of carbonyl (C=O) groups excluding carboxylic acids is 2. The van der Waals surface area contributed by atoms with Crippen LogP contribution in [0.15, 0.2) is 48.3 Å². The van der Waals surface area contributed by atoms with E-state index >= 15 is 0 Å². The molecule has 1 aromatic carbocycles. The predicted molar refractivity (Wildman–Crippen MR) is 113 cm³/mol. The summed E-state index contributed by atoms with van der Waals surface area (Å²) >= 11 is 0. The maximum absolute atomic E-state index is 13.5. The second-order valence-corrected chi connectivity index (χ2v) is 6.39. The van der Waals surface area contributed by atoms with E-state index in [1.54, 1.807) is 31.2 Å². The number of ether oxygens (including phenoxy) is 1. The van der Waals surface area contributed by atoms with E-state index in [9.17, 15) is 9.18 Å². The first-order valence-corrected chi connectivity index (χ1v) is 9.02. The summed E-state index contributed by atoms with van der Waals surface area (Å²) in [7, 11) is 0. The molecule has 0 aliphatic carbocycles. The highest BCUT2D eigenvalue weighted by molar-refractivity contribution is 6.18. The zero-order valence-corrected chi connectivity index (χ0v) is 17.3. The molecule has 1 aromatic heterocycles. The lowest BCUT2D eigenvalue weighted by Crippen LogP contribution is -2.17. The van der Waals surface area contributed by atoms with Gasteiger partial charge in [0.25, 0.3) is 5.91 Å². The average Bonchev–Trinajstić information content (AvgIpc) is 2.68. The molecule has 0 spiro atoms. The van der Waals surface area contributed by atoms with Crippen LogP contribution in [0.1, 0.15) is 32.0 Å². The van der Waals surface area contributed by atoms with Crippen molar-refractivity contribution >= 4 is 17.9 Å². The van der Waals surface area contributed by atoms with Gasteiger partial charge in [0.05, 0.1) is 11.3 Å². The number of allylic oxidation sites excluding steroid dienone is 1. The minimum atomic E-state index is -0.668. The second-order valence-electron chi connectivity index (χ2n) is 6.39. The van der Waals surface area contributed by atoms with Crippen molar-refractivity contribution in [2.45, 2.75) is 27.4 Å². The number of pyridine rings is 1. The van der Waals surface area contributed by atoms with Crippen LogP contribution < -0.4 is 21.9 Å². The van der Waals surface area contributed by atoms with Gasteiger partial charge in [-0.05, 0) is 25.0 Å². The molecule has 2 aromatic rings. The Balaban J connectivity index is 0.000000902. The van der Waals surface area contributed by atoms with Crippen molar-refractivity contribution in [1.29, 1.82) is 0 Å². The van der Waals surface area contributed by atoms with Crippen LogP contribution in [0.5, 0.6) is 5.75 Å². The predicted octanol–water partition coefficient (Wildman–Crippen LogP) is 1.71. The van der Waals surface area contributed by atoms with Gasteiger partial charge in [0, 0.05) is 30.1 Å². The largest absolute Gasteiger partial charge is 0.489 e. The molecule has 7 N–H and O–H groups in total. The molecule has 2 amide bonds. The first-order chi connectivity index (χ1) is 14.2. The summed E-state index contributed by atoms with van der Waals surface area (Å²) in [5.74, 6) is -0.130. The van der Waals surface area contributed by atoms with Gasteiger partial charge in [-0.1, -0.05) is 32.0 Å². The van der Waals surface area contributed by atoms with Crippen LogP contribution in [0.25, 0.3) is 5.57 Å². The Morgan fingerprint density at radius 3 is 2.30 bits per heavy atom. The molecule has 0 fully saturated rings. The van der Waals surface area contributed by atoms with Crippen molar-refractivity contribution in [3.05, 3.63) is 65.4 Å². The quantitative estimate of drug-likeness (QED) is 0.412. The van der Waals surface area contributed by atoms with E-state index in [4.69, 9.17) is 26.1 Å². The Kier molecular flexibility index (Phi) is 12.9. The molecule has 0 saturated heterocycles. The number of hydrogen-bond donors (Lipinski definition) is 4. The van der Waals surface area contributed by atoms with Gasteiger partial charge in [-0.25, -0.2) is 4.39 Å². The lowest BCUT2D eigenvalue weighted by Gasteiger charge is -2.10. The summed E-state index contributed by atoms with van der Waals surface area (Å²) in [6, 6.07) is 9.48. The number of aliphatic hydroxyl groups excluding tert-OH is 1. The van der Waals surface area contributed by atoms with Crippen LogP contribution in [-0.2, 0) is 16.2 Å². The number of aromatic nitrogens is 1. The fourth-order valence-electron chi connectivity index (χ4n) is 1.94. The van der Waals surface area contributed by atoms with Crippen LogP contribution >= 0.6 is 0 Å². The van der Waals surface area contributed by atoms with Gasteiger partial charge in [-0.2, -0.15) is 0 Å². The summed E-state index contributed by atoms with van der Waals surface area (Å²) in [4.78, 5) is 24.1. The molecular weight excluding hydrogens is 391 g/mol. The minimum Gasteiger partial charge on any atom is -0.489 e. The topological polar surface area (TPSA) is 155 Å². The molecular formula is C21H29FN4O4. The fraction of sp³-hybridized carbons (Fsp3) is 0.286. The molecule has 164 valence electrons. The summed E-state index contributed by atoms with van der Waals surface area (Å²) < 4.78 is 19.1. The molecule has 8 nitrogen and oxygen atoms in total. The van der Waals surface area contributed by atoms with Gasteiger partial charge in [0.1, 0.15) is 18.2 Å². The number of aliphatic hydroxyl groups is 1. The fourth-order valence-corrected chi connectivity index (χ4v) is 1.94. The van der Waals surface area contributed by atoms with Crippen LogP contribution in [0.2, 0.25) is 0 Å². The van der Waals surface area contributed by atoms with Gasteiger partial charge < -0.3 is 27.0 Å². The summed E-state index contributed by atoms with van der Waals surface area (Å²) in [6.45, 7) is 5.88. The van der Waals surface area contributed by atoms with Crippen molar-refractivity contribution < 1.29 is 23.8 Å². The number of halogens is 1. The smallest absolute Gasteiger partial charge is 0.252 e. The van der Waals surface area contributed by atoms with E-state index in [2.05, 4.69) is 10.7 Å². The highest BCUT2D eigenvalue weighted by Crippen LogP contribution is 2.20. The molecule has 0 bridgehead atoms. The first-order valence-electron chi connectivity index (χ1n) is 9.02. The number of primary amides is 2. The van der Waals surface area contributed by atoms with Crippen LogP contribution in [0.3, 0.4) is 0 Å². The van der Waals surface area contributed by atoms with E-state index in [1.807, 2.05) is 13.8 Å². The van der Waals surface area contributed by atoms with E-state index in [1.165, 1.54) is 18.3 Å². The number of hydrogen-bond acceptors (Lipinski definition) is 6. The minimum absolute atomic E-state index is 0.0629. The van der Waals surface area contributed by atoms with Crippen LogP contribution in [-0.4, -0.2) is 29.0 Å². The van der Waals surface area contributed by atoms with Crippen LogP contribution in [0, 0.1) is 11.7 Å². The van der Waals surface area contributed by atoms with Crippen molar-refractivity contribution in [2.24, 2.45) is 23.1 Å². The monoisotopic (exact) mass is 420 g/mol. The number of carbonyl (C=O) groups is 2. The molecule has 0 aliphatic rings. The van der Waals surface area contributed by atoms with Gasteiger partial charge in [-0.3, -0.25) is 14.6 Å². The Bertz CT molecular complexity index is 837. The molecule has 0 atom stereocenters. The van der Waals surface area contributed by atoms with Crippen LogP contribution in [0.4, 0.5) is 4.39 Å². The summed E-state index contributed by atoms with van der Waals surface area (Å²) in [5, 5.41) is 8.14. The average molecular weight is 420 g/mol. The maximum Gasteiger partial charge on any atom is 0.252 e. The lowest BCUT2D eigenvalue weighted by atomic mass is 10.1. The molecule has 30 heavy (non-hydrogen) atoms. The van der Waals surface area contributed by atoms with Crippen molar-refractivity contribution in [3.8, 4) is 5.75 Å². The zero-order valence-electron chi connectivity index (χ0n) is 17.3. The van der Waals surface area contributed by atoms with Gasteiger partial charge in [0.15, 0.2) is 0 Å². The Morgan fingerprint density at radius 1 is 1.27 bits per heavy atom. The molecule has 9 heteroatoms. The van der Waals surface area contributed by atoms with Crippen molar-refractivity contribution in [3.63, 3.8) is 0 Å². The number of amides is 2. The number of nitrogens with zero attached hydrogens (tertiary/aromatic N) is 1. The van der Waals surface area contributed by atoms with Crippen molar-refractivity contribution in [2.75, 3.05) is 6.61 Å².